The average molecular weight is 235 g/mol. The average Bonchev–Trinajstić information content (AvgIpc) is 2.69. The first-order valence-electron chi connectivity index (χ1n) is 5.58. The topological polar surface area (TPSA) is 87.6 Å². The van der Waals surface area contributed by atoms with Gasteiger partial charge in [0.25, 0.3) is 0 Å². The zero-order valence-corrected chi connectivity index (χ0v) is 10.1. The molecule has 1 aliphatic heterocycles. The van der Waals surface area contributed by atoms with Gasteiger partial charge < -0.3 is 15.8 Å². The second-order valence-corrected chi connectivity index (χ2v) is 5.06. The van der Waals surface area contributed by atoms with Gasteiger partial charge in [-0.2, -0.15) is 0 Å². The van der Waals surface area contributed by atoms with Crippen molar-refractivity contribution < 1.29 is 5.21 Å². The summed E-state index contributed by atoms with van der Waals surface area (Å²) in [6, 6.07) is 1.62. The summed E-state index contributed by atoms with van der Waals surface area (Å²) in [4.78, 5) is 10.6. The fourth-order valence-corrected chi connectivity index (χ4v) is 1.98. The molecule has 0 atom stereocenters. The molecule has 0 spiro atoms. The van der Waals surface area contributed by atoms with Gasteiger partial charge in [0.1, 0.15) is 5.69 Å². The molecule has 3 N–H and O–H groups in total. The molecular formula is C11H17N5O. The van der Waals surface area contributed by atoms with Crippen LogP contribution in [-0.4, -0.2) is 34.1 Å². The van der Waals surface area contributed by atoms with Gasteiger partial charge in [0, 0.05) is 19.3 Å². The summed E-state index contributed by atoms with van der Waals surface area (Å²) in [7, 11) is 0. The van der Waals surface area contributed by atoms with Crippen molar-refractivity contribution >= 4 is 11.8 Å². The molecule has 0 aromatic carbocycles. The molecule has 0 radical (unpaired) electrons. The standard InChI is InChI=1S/C11H17N5O/c1-11(2)4-6-16(7-11)10-13-5-3-8(14-10)9(12)15-17/h3,5,17H,4,6-7H2,1-2H3,(H2,12,15). The van der Waals surface area contributed by atoms with E-state index in [1.54, 1.807) is 12.3 Å². The van der Waals surface area contributed by atoms with E-state index in [0.29, 0.717) is 11.6 Å². The van der Waals surface area contributed by atoms with Gasteiger partial charge in [0.15, 0.2) is 5.84 Å². The van der Waals surface area contributed by atoms with Gasteiger partial charge in [-0.15, -0.1) is 0 Å². The van der Waals surface area contributed by atoms with Crippen molar-refractivity contribution in [2.75, 3.05) is 18.0 Å². The monoisotopic (exact) mass is 235 g/mol. The van der Waals surface area contributed by atoms with E-state index in [1.165, 1.54) is 0 Å². The lowest BCUT2D eigenvalue weighted by molar-refractivity contribution is 0.318. The summed E-state index contributed by atoms with van der Waals surface area (Å²) >= 11 is 0. The van der Waals surface area contributed by atoms with E-state index < -0.39 is 0 Å². The third-order valence-electron chi connectivity index (χ3n) is 2.97. The smallest absolute Gasteiger partial charge is 0.225 e. The van der Waals surface area contributed by atoms with Gasteiger partial charge >= 0.3 is 0 Å². The second-order valence-electron chi connectivity index (χ2n) is 5.06. The molecule has 1 aromatic rings. The molecule has 0 saturated carbocycles. The van der Waals surface area contributed by atoms with Crippen LogP contribution in [0.25, 0.3) is 0 Å². The number of oxime groups is 1. The summed E-state index contributed by atoms with van der Waals surface area (Å²) in [5, 5.41) is 11.6. The zero-order valence-electron chi connectivity index (χ0n) is 10.1. The normalized spacial score (nSPS) is 19.6. The number of aromatic nitrogens is 2. The molecule has 1 aromatic heterocycles. The highest BCUT2D eigenvalue weighted by molar-refractivity contribution is 5.95. The lowest BCUT2D eigenvalue weighted by atomic mass is 9.93. The van der Waals surface area contributed by atoms with Crippen molar-refractivity contribution in [2.45, 2.75) is 20.3 Å². The van der Waals surface area contributed by atoms with Gasteiger partial charge in [0.05, 0.1) is 0 Å². The van der Waals surface area contributed by atoms with E-state index in [1.807, 2.05) is 0 Å². The number of anilines is 1. The van der Waals surface area contributed by atoms with Crippen LogP contribution in [0.2, 0.25) is 0 Å². The van der Waals surface area contributed by atoms with Crippen LogP contribution >= 0.6 is 0 Å². The number of nitrogens with two attached hydrogens (primary N) is 1. The van der Waals surface area contributed by atoms with Crippen LogP contribution in [0.15, 0.2) is 17.4 Å². The Morgan fingerprint density at radius 3 is 2.94 bits per heavy atom. The first-order valence-corrected chi connectivity index (χ1v) is 5.58. The van der Waals surface area contributed by atoms with Gasteiger partial charge in [-0.05, 0) is 17.9 Å². The van der Waals surface area contributed by atoms with E-state index >= 15 is 0 Å². The van der Waals surface area contributed by atoms with Crippen molar-refractivity contribution in [2.24, 2.45) is 16.3 Å². The van der Waals surface area contributed by atoms with E-state index in [-0.39, 0.29) is 11.3 Å². The predicted octanol–water partition coefficient (Wildman–Crippen LogP) is 0.807. The number of nitrogens with zero attached hydrogens (tertiary/aromatic N) is 4. The molecule has 2 rings (SSSR count). The van der Waals surface area contributed by atoms with Gasteiger partial charge in [-0.25, -0.2) is 9.97 Å². The van der Waals surface area contributed by atoms with Gasteiger partial charge in [-0.3, -0.25) is 0 Å². The minimum absolute atomic E-state index is 0.00658. The maximum atomic E-state index is 8.62. The van der Waals surface area contributed by atoms with Crippen molar-refractivity contribution in [1.29, 1.82) is 0 Å². The van der Waals surface area contributed by atoms with E-state index in [2.05, 4.69) is 33.9 Å². The Morgan fingerprint density at radius 1 is 1.59 bits per heavy atom. The predicted molar refractivity (Wildman–Crippen MR) is 65.2 cm³/mol. The van der Waals surface area contributed by atoms with E-state index in [9.17, 15) is 0 Å². The van der Waals surface area contributed by atoms with Crippen LogP contribution in [0.1, 0.15) is 26.0 Å². The zero-order chi connectivity index (χ0) is 12.5. The first kappa shape index (κ1) is 11.6. The molecule has 92 valence electrons. The SMILES string of the molecule is CC1(C)CCN(c2nccc(/C(N)=N/O)n2)C1. The number of amidine groups is 1. The third-order valence-corrected chi connectivity index (χ3v) is 2.97. The third kappa shape index (κ3) is 2.46. The molecule has 1 aliphatic rings. The Bertz CT molecular complexity index is 443. The highest BCUT2D eigenvalue weighted by Gasteiger charge is 2.30. The van der Waals surface area contributed by atoms with Gasteiger partial charge in [0.2, 0.25) is 5.95 Å². The Labute approximate surface area is 100 Å². The van der Waals surface area contributed by atoms with Crippen LogP contribution in [-0.2, 0) is 0 Å². The Hall–Kier alpha value is -1.85. The molecule has 6 nitrogen and oxygen atoms in total. The summed E-state index contributed by atoms with van der Waals surface area (Å²) in [6.45, 7) is 6.31. The lowest BCUT2D eigenvalue weighted by Gasteiger charge is -2.19. The van der Waals surface area contributed by atoms with Crippen molar-refractivity contribution in [1.82, 2.24) is 9.97 Å². The van der Waals surface area contributed by atoms with Crippen LogP contribution in [0.4, 0.5) is 5.95 Å². The number of hydrogen-bond acceptors (Lipinski definition) is 5. The molecule has 1 fully saturated rings. The molecule has 6 heteroatoms. The van der Waals surface area contributed by atoms with Crippen LogP contribution < -0.4 is 10.6 Å². The van der Waals surface area contributed by atoms with Crippen molar-refractivity contribution in [3.05, 3.63) is 18.0 Å². The van der Waals surface area contributed by atoms with Crippen LogP contribution in [0.5, 0.6) is 0 Å². The number of rotatable bonds is 2. The molecule has 17 heavy (non-hydrogen) atoms. The Balaban J connectivity index is 2.23. The summed E-state index contributed by atoms with van der Waals surface area (Å²) in [6.07, 6.45) is 2.74. The minimum Gasteiger partial charge on any atom is -0.409 e. The molecule has 0 aliphatic carbocycles. The molecule has 0 unspecified atom stereocenters. The Kier molecular flexibility index (Phi) is 2.87. The van der Waals surface area contributed by atoms with Crippen molar-refractivity contribution in [3.63, 3.8) is 0 Å². The highest BCUT2D eigenvalue weighted by atomic mass is 16.4. The molecule has 0 amide bonds. The maximum absolute atomic E-state index is 8.62. The minimum atomic E-state index is 0.00658. The Morgan fingerprint density at radius 2 is 2.35 bits per heavy atom. The lowest BCUT2D eigenvalue weighted by Crippen LogP contribution is -2.26. The summed E-state index contributed by atoms with van der Waals surface area (Å²) in [5.74, 6) is 0.645. The van der Waals surface area contributed by atoms with Crippen molar-refractivity contribution in [3.8, 4) is 0 Å². The van der Waals surface area contributed by atoms with Crippen LogP contribution in [0, 0.1) is 5.41 Å². The molecule has 0 bridgehead atoms. The molecule has 2 heterocycles. The maximum Gasteiger partial charge on any atom is 0.225 e. The first-order chi connectivity index (χ1) is 8.02. The van der Waals surface area contributed by atoms with Gasteiger partial charge in [-0.1, -0.05) is 19.0 Å². The van der Waals surface area contributed by atoms with E-state index in [4.69, 9.17) is 10.9 Å². The van der Waals surface area contributed by atoms with E-state index in [0.717, 1.165) is 19.5 Å². The number of hydrogen-bond donors (Lipinski definition) is 2. The summed E-state index contributed by atoms with van der Waals surface area (Å²) < 4.78 is 0. The second kappa shape index (κ2) is 4.20. The molecular weight excluding hydrogens is 218 g/mol. The highest BCUT2D eigenvalue weighted by Crippen LogP contribution is 2.30. The fraction of sp³-hybridized carbons (Fsp3) is 0.545. The summed E-state index contributed by atoms with van der Waals surface area (Å²) in [5.41, 5.74) is 6.24. The van der Waals surface area contributed by atoms with Crippen LogP contribution in [0.3, 0.4) is 0 Å². The molecule has 1 saturated heterocycles. The fourth-order valence-electron chi connectivity index (χ4n) is 1.98. The quantitative estimate of drug-likeness (QED) is 0.343. The largest absolute Gasteiger partial charge is 0.409 e.